The molecule has 1 aliphatic rings. The first-order valence-electron chi connectivity index (χ1n) is 5.81. The van der Waals surface area contributed by atoms with E-state index in [1.54, 1.807) is 31.2 Å². The summed E-state index contributed by atoms with van der Waals surface area (Å²) in [6.45, 7) is 1.80. The fourth-order valence-corrected chi connectivity index (χ4v) is 1.81. The molecule has 0 aromatic heterocycles. The van der Waals surface area contributed by atoms with Crippen molar-refractivity contribution >= 4 is 11.9 Å². The SMILES string of the molecule is COc1cccc(C)c1C(=O)OCC1C=CC(=O)O1. The molecule has 1 aromatic carbocycles. The lowest BCUT2D eigenvalue weighted by Gasteiger charge is -2.13. The molecule has 0 bridgehead atoms. The monoisotopic (exact) mass is 262 g/mol. The molecular weight excluding hydrogens is 248 g/mol. The van der Waals surface area contributed by atoms with Crippen LogP contribution in [0.4, 0.5) is 0 Å². The van der Waals surface area contributed by atoms with Crippen molar-refractivity contribution in [2.45, 2.75) is 13.0 Å². The van der Waals surface area contributed by atoms with Crippen LogP contribution in [0.15, 0.2) is 30.4 Å². The maximum absolute atomic E-state index is 12.0. The van der Waals surface area contributed by atoms with E-state index in [0.717, 1.165) is 5.56 Å². The fraction of sp³-hybridized carbons (Fsp3) is 0.286. The van der Waals surface area contributed by atoms with E-state index in [-0.39, 0.29) is 6.61 Å². The Bertz CT molecular complexity index is 533. The Morgan fingerprint density at radius 2 is 2.21 bits per heavy atom. The largest absolute Gasteiger partial charge is 0.496 e. The van der Waals surface area contributed by atoms with E-state index in [1.165, 1.54) is 13.2 Å². The smallest absolute Gasteiger partial charge is 0.342 e. The second-order valence-electron chi connectivity index (χ2n) is 4.09. The molecular formula is C14H14O5. The molecule has 0 N–H and O–H groups in total. The van der Waals surface area contributed by atoms with Crippen molar-refractivity contribution in [3.05, 3.63) is 41.5 Å². The molecule has 0 fully saturated rings. The van der Waals surface area contributed by atoms with Crippen LogP contribution < -0.4 is 4.74 Å². The third-order valence-corrected chi connectivity index (χ3v) is 2.75. The first-order valence-corrected chi connectivity index (χ1v) is 5.81. The van der Waals surface area contributed by atoms with Crippen LogP contribution in [0.2, 0.25) is 0 Å². The number of carbonyl (C=O) groups excluding carboxylic acids is 2. The molecule has 1 unspecified atom stereocenters. The van der Waals surface area contributed by atoms with E-state index in [1.807, 2.05) is 0 Å². The molecule has 0 aliphatic carbocycles. The van der Waals surface area contributed by atoms with Gasteiger partial charge in [0, 0.05) is 6.08 Å². The van der Waals surface area contributed by atoms with E-state index >= 15 is 0 Å². The normalized spacial score (nSPS) is 17.2. The van der Waals surface area contributed by atoms with Gasteiger partial charge in [-0.3, -0.25) is 0 Å². The zero-order valence-electron chi connectivity index (χ0n) is 10.7. The Hall–Kier alpha value is -2.30. The van der Waals surface area contributed by atoms with Crippen LogP contribution >= 0.6 is 0 Å². The van der Waals surface area contributed by atoms with Gasteiger partial charge in [-0.25, -0.2) is 9.59 Å². The Morgan fingerprint density at radius 1 is 1.42 bits per heavy atom. The molecule has 1 atom stereocenters. The predicted octanol–water partition coefficient (Wildman–Crippen LogP) is 1.64. The van der Waals surface area contributed by atoms with Crippen molar-refractivity contribution < 1.29 is 23.8 Å². The molecule has 0 amide bonds. The number of benzene rings is 1. The highest BCUT2D eigenvalue weighted by atomic mass is 16.6. The summed E-state index contributed by atoms with van der Waals surface area (Å²) < 4.78 is 15.1. The predicted molar refractivity (Wildman–Crippen MR) is 67.0 cm³/mol. The number of cyclic esters (lactones) is 1. The number of carbonyl (C=O) groups is 2. The number of hydrogen-bond donors (Lipinski definition) is 0. The minimum Gasteiger partial charge on any atom is -0.496 e. The first-order chi connectivity index (χ1) is 9.11. The third-order valence-electron chi connectivity index (χ3n) is 2.75. The summed E-state index contributed by atoms with van der Waals surface area (Å²) in [7, 11) is 1.49. The van der Waals surface area contributed by atoms with Gasteiger partial charge in [0.05, 0.1) is 7.11 Å². The van der Waals surface area contributed by atoms with Crippen LogP contribution in [0.1, 0.15) is 15.9 Å². The Labute approximate surface area is 110 Å². The summed E-state index contributed by atoms with van der Waals surface area (Å²) in [4.78, 5) is 22.9. The van der Waals surface area contributed by atoms with Crippen molar-refractivity contribution in [3.63, 3.8) is 0 Å². The Kier molecular flexibility index (Phi) is 3.85. The molecule has 1 aromatic rings. The lowest BCUT2D eigenvalue weighted by molar-refractivity contribution is -0.140. The van der Waals surface area contributed by atoms with E-state index in [4.69, 9.17) is 14.2 Å². The molecule has 19 heavy (non-hydrogen) atoms. The van der Waals surface area contributed by atoms with Crippen LogP contribution in [0.25, 0.3) is 0 Å². The van der Waals surface area contributed by atoms with Crippen LogP contribution in [0.5, 0.6) is 5.75 Å². The molecule has 2 rings (SSSR count). The molecule has 100 valence electrons. The standard InChI is InChI=1S/C14H14O5/c1-9-4-3-5-11(17-2)13(9)14(16)18-8-10-6-7-12(15)19-10/h3-7,10H,8H2,1-2H3. The molecule has 0 radical (unpaired) electrons. The number of esters is 2. The highest BCUT2D eigenvalue weighted by Crippen LogP contribution is 2.22. The number of rotatable bonds is 4. The van der Waals surface area contributed by atoms with Crippen molar-refractivity contribution in [2.75, 3.05) is 13.7 Å². The van der Waals surface area contributed by atoms with Crippen LogP contribution in [-0.4, -0.2) is 31.8 Å². The van der Waals surface area contributed by atoms with E-state index in [9.17, 15) is 9.59 Å². The minimum absolute atomic E-state index is 0.00143. The first kappa shape index (κ1) is 13.1. The number of hydrogen-bond acceptors (Lipinski definition) is 5. The minimum atomic E-state index is -0.508. The highest BCUT2D eigenvalue weighted by molar-refractivity contribution is 5.94. The zero-order chi connectivity index (χ0) is 13.8. The van der Waals surface area contributed by atoms with Gasteiger partial charge in [0.2, 0.25) is 0 Å². The van der Waals surface area contributed by atoms with E-state index in [0.29, 0.717) is 11.3 Å². The molecule has 1 aliphatic heterocycles. The lowest BCUT2D eigenvalue weighted by atomic mass is 10.1. The molecule has 5 nitrogen and oxygen atoms in total. The second kappa shape index (κ2) is 5.56. The van der Waals surface area contributed by atoms with Gasteiger partial charge in [0.1, 0.15) is 17.9 Å². The molecule has 0 saturated carbocycles. The van der Waals surface area contributed by atoms with Gasteiger partial charge in [-0.2, -0.15) is 0 Å². The van der Waals surface area contributed by atoms with Crippen LogP contribution in [0.3, 0.4) is 0 Å². The molecule has 0 saturated heterocycles. The summed E-state index contributed by atoms with van der Waals surface area (Å²) in [6.07, 6.45) is 2.36. The van der Waals surface area contributed by atoms with Gasteiger partial charge in [-0.15, -0.1) is 0 Å². The third kappa shape index (κ3) is 2.93. The Morgan fingerprint density at radius 3 is 2.84 bits per heavy atom. The number of methoxy groups -OCH3 is 1. The van der Waals surface area contributed by atoms with Crippen molar-refractivity contribution in [3.8, 4) is 5.75 Å². The zero-order valence-corrected chi connectivity index (χ0v) is 10.7. The topological polar surface area (TPSA) is 61.8 Å². The maximum Gasteiger partial charge on any atom is 0.342 e. The van der Waals surface area contributed by atoms with E-state index < -0.39 is 18.0 Å². The lowest BCUT2D eigenvalue weighted by Crippen LogP contribution is -2.19. The highest BCUT2D eigenvalue weighted by Gasteiger charge is 2.21. The van der Waals surface area contributed by atoms with Gasteiger partial charge in [-0.05, 0) is 24.6 Å². The maximum atomic E-state index is 12.0. The van der Waals surface area contributed by atoms with E-state index in [2.05, 4.69) is 0 Å². The van der Waals surface area contributed by atoms with Gasteiger partial charge in [0.15, 0.2) is 6.10 Å². The number of ether oxygens (including phenoxy) is 3. The average Bonchev–Trinajstić information content (AvgIpc) is 2.81. The van der Waals surface area contributed by atoms with Gasteiger partial charge < -0.3 is 14.2 Å². The number of aryl methyl sites for hydroxylation is 1. The molecule has 1 heterocycles. The summed E-state index contributed by atoms with van der Waals surface area (Å²) >= 11 is 0. The molecule has 0 spiro atoms. The van der Waals surface area contributed by atoms with Gasteiger partial charge >= 0.3 is 11.9 Å². The van der Waals surface area contributed by atoms with Gasteiger partial charge in [-0.1, -0.05) is 12.1 Å². The molecule has 5 heteroatoms. The van der Waals surface area contributed by atoms with Crippen molar-refractivity contribution in [2.24, 2.45) is 0 Å². The van der Waals surface area contributed by atoms with Crippen LogP contribution in [-0.2, 0) is 14.3 Å². The summed E-state index contributed by atoms with van der Waals surface area (Å²) in [5.74, 6) is -0.454. The summed E-state index contributed by atoms with van der Waals surface area (Å²) in [6, 6.07) is 5.29. The van der Waals surface area contributed by atoms with Crippen LogP contribution in [0, 0.1) is 6.92 Å². The second-order valence-corrected chi connectivity index (χ2v) is 4.09. The summed E-state index contributed by atoms with van der Waals surface area (Å²) in [5, 5.41) is 0. The quantitative estimate of drug-likeness (QED) is 0.772. The fourth-order valence-electron chi connectivity index (χ4n) is 1.81. The van der Waals surface area contributed by atoms with Crippen molar-refractivity contribution in [1.29, 1.82) is 0 Å². The van der Waals surface area contributed by atoms with Crippen molar-refractivity contribution in [1.82, 2.24) is 0 Å². The van der Waals surface area contributed by atoms with Gasteiger partial charge in [0.25, 0.3) is 0 Å². The Balaban J connectivity index is 2.04. The average molecular weight is 262 g/mol. The summed E-state index contributed by atoms with van der Waals surface area (Å²) in [5.41, 5.74) is 1.15.